The summed E-state index contributed by atoms with van der Waals surface area (Å²) in [7, 11) is 0. The predicted octanol–water partition coefficient (Wildman–Crippen LogP) is 4.96. The maximum atomic E-state index is 13.2. The largest absolute Gasteiger partial charge is 0.444 e. The van der Waals surface area contributed by atoms with Gasteiger partial charge in [-0.1, -0.05) is 58.4 Å². The number of nitrogens with zero attached hydrogens (tertiary/aromatic N) is 2. The minimum Gasteiger partial charge on any atom is -0.444 e. The van der Waals surface area contributed by atoms with E-state index in [4.69, 9.17) is 9.47 Å². The highest BCUT2D eigenvalue weighted by molar-refractivity contribution is 9.09. The number of halogens is 2. The third-order valence-electron chi connectivity index (χ3n) is 4.36. The SMILES string of the molecule is CC(C)(C)OC(=O)N(CCOCc1ccccc1)CN(Cc1ccc(F)cc1)C(=O)CBr. The van der Waals surface area contributed by atoms with Crippen LogP contribution in [0.1, 0.15) is 31.9 Å². The zero-order chi connectivity index (χ0) is 23.6. The molecular weight excluding hydrogens is 479 g/mol. The molecule has 32 heavy (non-hydrogen) atoms. The topological polar surface area (TPSA) is 59.1 Å². The molecule has 0 bridgehead atoms. The molecule has 2 aromatic rings. The van der Waals surface area contributed by atoms with E-state index in [9.17, 15) is 14.0 Å². The van der Waals surface area contributed by atoms with Crippen molar-refractivity contribution in [3.8, 4) is 0 Å². The average molecular weight is 509 g/mol. The van der Waals surface area contributed by atoms with Crippen molar-refractivity contribution in [3.05, 3.63) is 71.5 Å². The molecule has 0 aromatic heterocycles. The summed E-state index contributed by atoms with van der Waals surface area (Å²) >= 11 is 3.20. The molecule has 0 saturated carbocycles. The van der Waals surface area contributed by atoms with Crippen molar-refractivity contribution in [1.82, 2.24) is 9.80 Å². The first-order chi connectivity index (χ1) is 15.2. The van der Waals surface area contributed by atoms with E-state index in [1.165, 1.54) is 21.9 Å². The van der Waals surface area contributed by atoms with Gasteiger partial charge < -0.3 is 14.4 Å². The van der Waals surface area contributed by atoms with Crippen molar-refractivity contribution in [2.24, 2.45) is 0 Å². The second kappa shape index (κ2) is 12.6. The van der Waals surface area contributed by atoms with E-state index in [2.05, 4.69) is 15.9 Å². The van der Waals surface area contributed by atoms with Crippen LogP contribution in [0.5, 0.6) is 0 Å². The van der Waals surface area contributed by atoms with Crippen LogP contribution in [0.4, 0.5) is 9.18 Å². The Labute approximate surface area is 197 Å². The van der Waals surface area contributed by atoms with Gasteiger partial charge in [-0.25, -0.2) is 9.18 Å². The van der Waals surface area contributed by atoms with Crippen LogP contribution in [0.25, 0.3) is 0 Å². The summed E-state index contributed by atoms with van der Waals surface area (Å²) in [5.74, 6) is -0.550. The van der Waals surface area contributed by atoms with Gasteiger partial charge in [0.1, 0.15) is 11.4 Å². The van der Waals surface area contributed by atoms with E-state index in [1.807, 2.05) is 30.3 Å². The number of alkyl halides is 1. The second-order valence-corrected chi connectivity index (χ2v) is 8.84. The Kier molecular flexibility index (Phi) is 10.1. The van der Waals surface area contributed by atoms with Crippen molar-refractivity contribution < 1.29 is 23.5 Å². The predicted molar refractivity (Wildman–Crippen MR) is 125 cm³/mol. The Morgan fingerprint density at radius 1 is 0.969 bits per heavy atom. The summed E-state index contributed by atoms with van der Waals surface area (Å²) in [4.78, 5) is 28.3. The lowest BCUT2D eigenvalue weighted by Crippen LogP contribution is -2.47. The third kappa shape index (κ3) is 9.36. The molecule has 0 N–H and O–H groups in total. The van der Waals surface area contributed by atoms with Crippen LogP contribution >= 0.6 is 15.9 Å². The van der Waals surface area contributed by atoms with Gasteiger partial charge in [-0.3, -0.25) is 9.69 Å². The molecule has 2 amide bonds. The molecule has 0 fully saturated rings. The van der Waals surface area contributed by atoms with Crippen LogP contribution in [0.3, 0.4) is 0 Å². The Hall–Kier alpha value is -2.45. The van der Waals surface area contributed by atoms with E-state index in [0.29, 0.717) is 6.61 Å². The van der Waals surface area contributed by atoms with Crippen molar-refractivity contribution >= 4 is 27.9 Å². The van der Waals surface area contributed by atoms with Gasteiger partial charge in [0.25, 0.3) is 0 Å². The molecule has 0 spiro atoms. The minimum absolute atomic E-state index is 0.0193. The zero-order valence-corrected chi connectivity index (χ0v) is 20.3. The van der Waals surface area contributed by atoms with Crippen molar-refractivity contribution in [2.45, 2.75) is 39.5 Å². The molecule has 0 unspecified atom stereocenters. The molecule has 6 nitrogen and oxygen atoms in total. The molecule has 2 rings (SSSR count). The van der Waals surface area contributed by atoms with Crippen LogP contribution in [-0.2, 0) is 27.4 Å². The van der Waals surface area contributed by atoms with Gasteiger partial charge >= 0.3 is 6.09 Å². The highest BCUT2D eigenvalue weighted by Crippen LogP contribution is 2.13. The summed E-state index contributed by atoms with van der Waals surface area (Å²) in [6.45, 7) is 6.56. The van der Waals surface area contributed by atoms with Gasteiger partial charge in [0.05, 0.1) is 25.2 Å². The molecule has 2 aromatic carbocycles. The number of carbonyl (C=O) groups is 2. The Balaban J connectivity index is 2.07. The lowest BCUT2D eigenvalue weighted by atomic mass is 10.2. The Morgan fingerprint density at radius 2 is 1.62 bits per heavy atom. The summed E-state index contributed by atoms with van der Waals surface area (Å²) < 4.78 is 24.5. The minimum atomic E-state index is -0.679. The van der Waals surface area contributed by atoms with Crippen LogP contribution in [0, 0.1) is 5.82 Å². The van der Waals surface area contributed by atoms with Crippen LogP contribution in [0.15, 0.2) is 54.6 Å². The molecule has 0 radical (unpaired) electrons. The average Bonchev–Trinajstić information content (AvgIpc) is 2.75. The number of hydrogen-bond donors (Lipinski definition) is 0. The molecule has 0 aliphatic heterocycles. The summed E-state index contributed by atoms with van der Waals surface area (Å²) in [5.41, 5.74) is 1.11. The summed E-state index contributed by atoms with van der Waals surface area (Å²) in [6, 6.07) is 15.6. The van der Waals surface area contributed by atoms with E-state index in [1.54, 1.807) is 32.9 Å². The van der Waals surface area contributed by atoms with Gasteiger partial charge in [0.15, 0.2) is 0 Å². The maximum absolute atomic E-state index is 13.2. The zero-order valence-electron chi connectivity index (χ0n) is 18.7. The fraction of sp³-hybridized carbons (Fsp3) is 0.417. The first-order valence-corrected chi connectivity index (χ1v) is 11.5. The summed E-state index contributed by atoms with van der Waals surface area (Å²) in [5, 5.41) is 0.0981. The smallest absolute Gasteiger partial charge is 0.411 e. The number of rotatable bonds is 10. The highest BCUT2D eigenvalue weighted by Gasteiger charge is 2.25. The van der Waals surface area contributed by atoms with Crippen molar-refractivity contribution in [1.29, 1.82) is 0 Å². The molecule has 0 heterocycles. The maximum Gasteiger partial charge on any atom is 0.411 e. The first-order valence-electron chi connectivity index (χ1n) is 10.4. The lowest BCUT2D eigenvalue weighted by molar-refractivity contribution is -0.131. The molecular formula is C24H30BrFN2O4. The van der Waals surface area contributed by atoms with Gasteiger partial charge in [-0.05, 0) is 44.0 Å². The standard InChI is InChI=1S/C24H30BrFN2O4/c1-24(2,3)32-23(30)27(13-14-31-17-20-7-5-4-6-8-20)18-28(22(29)15-25)16-19-9-11-21(26)12-10-19/h4-12H,13-18H2,1-3H3. The lowest BCUT2D eigenvalue weighted by Gasteiger charge is -2.32. The molecule has 0 aliphatic rings. The quantitative estimate of drug-likeness (QED) is 0.258. The normalized spacial score (nSPS) is 11.2. The molecule has 8 heteroatoms. The first kappa shape index (κ1) is 25.8. The monoisotopic (exact) mass is 508 g/mol. The van der Waals surface area contributed by atoms with E-state index in [-0.39, 0.29) is 43.4 Å². The third-order valence-corrected chi connectivity index (χ3v) is 4.84. The van der Waals surface area contributed by atoms with Crippen molar-refractivity contribution in [3.63, 3.8) is 0 Å². The van der Waals surface area contributed by atoms with E-state index < -0.39 is 11.7 Å². The summed E-state index contributed by atoms with van der Waals surface area (Å²) in [6.07, 6.45) is -0.535. The Morgan fingerprint density at radius 3 is 2.22 bits per heavy atom. The molecule has 0 aliphatic carbocycles. The fourth-order valence-electron chi connectivity index (χ4n) is 2.80. The molecule has 0 atom stereocenters. The second-order valence-electron chi connectivity index (χ2n) is 8.28. The van der Waals surface area contributed by atoms with Crippen LogP contribution < -0.4 is 0 Å². The van der Waals surface area contributed by atoms with Crippen molar-refractivity contribution in [2.75, 3.05) is 25.2 Å². The van der Waals surface area contributed by atoms with Gasteiger partial charge in [0.2, 0.25) is 5.91 Å². The highest BCUT2D eigenvalue weighted by atomic mass is 79.9. The molecule has 0 saturated heterocycles. The van der Waals surface area contributed by atoms with Gasteiger partial charge in [-0.2, -0.15) is 0 Å². The van der Waals surface area contributed by atoms with E-state index in [0.717, 1.165) is 11.1 Å². The fourth-order valence-corrected chi connectivity index (χ4v) is 3.16. The van der Waals surface area contributed by atoms with Gasteiger partial charge in [0, 0.05) is 13.1 Å². The number of carbonyl (C=O) groups excluding carboxylic acids is 2. The number of hydrogen-bond acceptors (Lipinski definition) is 4. The molecule has 174 valence electrons. The number of amides is 2. The Bertz CT molecular complexity index is 857. The van der Waals surface area contributed by atoms with Crippen LogP contribution in [-0.4, -0.2) is 52.6 Å². The van der Waals surface area contributed by atoms with E-state index >= 15 is 0 Å². The number of benzene rings is 2. The van der Waals surface area contributed by atoms with Gasteiger partial charge in [-0.15, -0.1) is 0 Å². The number of ether oxygens (including phenoxy) is 2. The van der Waals surface area contributed by atoms with Crippen LogP contribution in [0.2, 0.25) is 0 Å².